The van der Waals surface area contributed by atoms with Crippen molar-refractivity contribution in [2.45, 2.75) is 46.2 Å². The van der Waals surface area contributed by atoms with E-state index >= 15 is 0 Å². The van der Waals surface area contributed by atoms with Crippen LogP contribution in [-0.2, 0) is 17.8 Å². The molecule has 1 amide bonds. The van der Waals surface area contributed by atoms with Crippen molar-refractivity contribution in [3.63, 3.8) is 0 Å². The molecule has 0 fully saturated rings. The zero-order valence-electron chi connectivity index (χ0n) is 12.9. The number of primary amides is 1. The SMILES string of the molecule is CCc1cnc(CNC(C)(C(N)=O)C(C)C)c(C(=O)O)c1. The molecule has 4 N–H and O–H groups in total. The number of aromatic nitrogens is 1. The first-order chi connectivity index (χ1) is 9.72. The maximum absolute atomic E-state index is 11.6. The monoisotopic (exact) mass is 293 g/mol. The Labute approximate surface area is 124 Å². The molecule has 1 aromatic heterocycles. The predicted molar refractivity (Wildman–Crippen MR) is 79.9 cm³/mol. The maximum atomic E-state index is 11.6. The van der Waals surface area contributed by atoms with Gasteiger partial charge in [0, 0.05) is 12.7 Å². The smallest absolute Gasteiger partial charge is 0.337 e. The van der Waals surface area contributed by atoms with Gasteiger partial charge in [-0.2, -0.15) is 0 Å². The largest absolute Gasteiger partial charge is 0.478 e. The number of hydrogen-bond acceptors (Lipinski definition) is 4. The van der Waals surface area contributed by atoms with Crippen LogP contribution in [0.5, 0.6) is 0 Å². The molecule has 1 aromatic rings. The Morgan fingerprint density at radius 1 is 1.48 bits per heavy atom. The van der Waals surface area contributed by atoms with Gasteiger partial charge in [-0.3, -0.25) is 15.1 Å². The fourth-order valence-electron chi connectivity index (χ4n) is 1.90. The summed E-state index contributed by atoms with van der Waals surface area (Å²) in [5, 5.41) is 12.3. The number of hydrogen-bond donors (Lipinski definition) is 3. The summed E-state index contributed by atoms with van der Waals surface area (Å²) < 4.78 is 0. The molecule has 6 nitrogen and oxygen atoms in total. The van der Waals surface area contributed by atoms with Crippen LogP contribution in [0.3, 0.4) is 0 Å². The Hall–Kier alpha value is -1.95. The average molecular weight is 293 g/mol. The van der Waals surface area contributed by atoms with Crippen molar-refractivity contribution in [3.05, 3.63) is 29.1 Å². The zero-order valence-corrected chi connectivity index (χ0v) is 12.9. The number of carboxylic acid groups (broad SMARTS) is 1. The molecule has 1 rings (SSSR count). The van der Waals surface area contributed by atoms with Gasteiger partial charge in [0.25, 0.3) is 0 Å². The molecular formula is C15H23N3O3. The fourth-order valence-corrected chi connectivity index (χ4v) is 1.90. The van der Waals surface area contributed by atoms with Gasteiger partial charge >= 0.3 is 5.97 Å². The standard InChI is InChI=1S/C15H23N3O3/c1-5-10-6-11(13(19)20)12(17-7-10)8-18-15(4,9(2)3)14(16)21/h6-7,9,18H,5,8H2,1-4H3,(H2,16,21)(H,19,20). The van der Waals surface area contributed by atoms with Crippen LogP contribution in [0.1, 0.15) is 49.3 Å². The summed E-state index contributed by atoms with van der Waals surface area (Å²) in [4.78, 5) is 27.1. The lowest BCUT2D eigenvalue weighted by atomic mass is 9.87. The summed E-state index contributed by atoms with van der Waals surface area (Å²) in [6.45, 7) is 7.57. The number of amides is 1. The lowest BCUT2D eigenvalue weighted by Gasteiger charge is -2.31. The van der Waals surface area contributed by atoms with Crippen LogP contribution in [0.4, 0.5) is 0 Å². The van der Waals surface area contributed by atoms with E-state index in [0.717, 1.165) is 5.56 Å². The number of carbonyl (C=O) groups is 2. The van der Waals surface area contributed by atoms with Crippen LogP contribution in [0, 0.1) is 5.92 Å². The number of aromatic carboxylic acids is 1. The Bertz CT molecular complexity index is 543. The minimum atomic E-state index is -1.03. The van der Waals surface area contributed by atoms with E-state index in [4.69, 9.17) is 5.73 Å². The Kier molecular flexibility index (Phi) is 5.43. The van der Waals surface area contributed by atoms with Gasteiger partial charge in [0.15, 0.2) is 0 Å². The fraction of sp³-hybridized carbons (Fsp3) is 0.533. The summed E-state index contributed by atoms with van der Waals surface area (Å²) in [7, 11) is 0. The Morgan fingerprint density at radius 2 is 2.10 bits per heavy atom. The van der Waals surface area contributed by atoms with Crippen LogP contribution in [0.15, 0.2) is 12.3 Å². The van der Waals surface area contributed by atoms with Crippen LogP contribution >= 0.6 is 0 Å². The molecule has 0 aliphatic heterocycles. The van der Waals surface area contributed by atoms with E-state index in [-0.39, 0.29) is 18.0 Å². The highest BCUT2D eigenvalue weighted by molar-refractivity contribution is 5.89. The summed E-state index contributed by atoms with van der Waals surface area (Å²) >= 11 is 0. The molecule has 0 spiro atoms. The van der Waals surface area contributed by atoms with Crippen LogP contribution in [0.25, 0.3) is 0 Å². The molecule has 6 heteroatoms. The number of nitrogens with zero attached hydrogens (tertiary/aromatic N) is 1. The average Bonchev–Trinajstić information content (AvgIpc) is 2.43. The first-order valence-corrected chi connectivity index (χ1v) is 6.98. The van der Waals surface area contributed by atoms with Crippen LogP contribution < -0.4 is 11.1 Å². The first-order valence-electron chi connectivity index (χ1n) is 6.98. The highest BCUT2D eigenvalue weighted by Crippen LogP contribution is 2.18. The van der Waals surface area contributed by atoms with E-state index in [9.17, 15) is 14.7 Å². The minimum absolute atomic E-state index is 0.0295. The number of nitrogens with one attached hydrogen (secondary N) is 1. The maximum Gasteiger partial charge on any atom is 0.337 e. The molecule has 0 bridgehead atoms. The van der Waals surface area contributed by atoms with Gasteiger partial charge in [-0.25, -0.2) is 4.79 Å². The van der Waals surface area contributed by atoms with E-state index in [1.165, 1.54) is 0 Å². The van der Waals surface area contributed by atoms with Crippen molar-refractivity contribution in [1.29, 1.82) is 0 Å². The third-order valence-electron chi connectivity index (χ3n) is 3.96. The molecule has 0 aliphatic carbocycles. The number of nitrogens with two attached hydrogens (primary N) is 1. The van der Waals surface area contributed by atoms with E-state index < -0.39 is 17.4 Å². The van der Waals surface area contributed by atoms with Gasteiger partial charge in [-0.15, -0.1) is 0 Å². The number of rotatable bonds is 7. The van der Waals surface area contributed by atoms with Crippen molar-refractivity contribution in [1.82, 2.24) is 10.3 Å². The number of carboxylic acids is 1. The molecule has 1 unspecified atom stereocenters. The first kappa shape index (κ1) is 17.1. The van der Waals surface area contributed by atoms with Gasteiger partial charge in [-0.1, -0.05) is 20.8 Å². The van der Waals surface area contributed by atoms with Crippen molar-refractivity contribution < 1.29 is 14.7 Å². The van der Waals surface area contributed by atoms with E-state index in [2.05, 4.69) is 10.3 Å². The van der Waals surface area contributed by atoms with Crippen molar-refractivity contribution >= 4 is 11.9 Å². The van der Waals surface area contributed by atoms with Gasteiger partial charge in [0.05, 0.1) is 16.8 Å². The highest BCUT2D eigenvalue weighted by Gasteiger charge is 2.34. The Balaban J connectivity index is 3.03. The topological polar surface area (TPSA) is 105 Å². The summed E-state index contributed by atoms with van der Waals surface area (Å²) in [6.07, 6.45) is 2.37. The van der Waals surface area contributed by atoms with Gasteiger partial charge in [0.2, 0.25) is 5.91 Å². The van der Waals surface area contributed by atoms with Gasteiger partial charge < -0.3 is 10.8 Å². The molecule has 0 aromatic carbocycles. The lowest BCUT2D eigenvalue weighted by molar-refractivity contribution is -0.125. The number of carbonyl (C=O) groups excluding carboxylic acids is 1. The molecule has 116 valence electrons. The van der Waals surface area contributed by atoms with E-state index in [0.29, 0.717) is 12.1 Å². The molecule has 0 saturated heterocycles. The second kappa shape index (κ2) is 6.67. The van der Waals surface area contributed by atoms with Gasteiger partial charge in [0.1, 0.15) is 0 Å². The third kappa shape index (κ3) is 3.78. The van der Waals surface area contributed by atoms with E-state index in [1.54, 1.807) is 19.2 Å². The van der Waals surface area contributed by atoms with Crippen molar-refractivity contribution in [3.8, 4) is 0 Å². The molecular weight excluding hydrogens is 270 g/mol. The summed E-state index contributed by atoms with van der Waals surface area (Å²) in [6, 6.07) is 1.61. The van der Waals surface area contributed by atoms with Crippen LogP contribution in [0.2, 0.25) is 0 Å². The predicted octanol–water partition coefficient (Wildman–Crippen LogP) is 1.33. The van der Waals surface area contributed by atoms with E-state index in [1.807, 2.05) is 20.8 Å². The molecule has 1 atom stereocenters. The molecule has 0 aliphatic rings. The normalized spacial score (nSPS) is 14.0. The second-order valence-corrected chi connectivity index (χ2v) is 5.57. The van der Waals surface area contributed by atoms with Crippen molar-refractivity contribution in [2.24, 2.45) is 11.7 Å². The summed E-state index contributed by atoms with van der Waals surface area (Å²) in [5.74, 6) is -1.53. The van der Waals surface area contributed by atoms with Gasteiger partial charge in [-0.05, 0) is 30.9 Å². The number of pyridine rings is 1. The molecule has 0 radical (unpaired) electrons. The zero-order chi connectivity index (χ0) is 16.2. The minimum Gasteiger partial charge on any atom is -0.478 e. The second-order valence-electron chi connectivity index (χ2n) is 5.57. The van der Waals surface area contributed by atoms with Crippen molar-refractivity contribution in [2.75, 3.05) is 0 Å². The number of aryl methyl sites for hydroxylation is 1. The molecule has 1 heterocycles. The lowest BCUT2D eigenvalue weighted by Crippen LogP contribution is -2.56. The quantitative estimate of drug-likeness (QED) is 0.703. The molecule has 0 saturated carbocycles. The third-order valence-corrected chi connectivity index (χ3v) is 3.96. The Morgan fingerprint density at radius 3 is 2.52 bits per heavy atom. The highest BCUT2D eigenvalue weighted by atomic mass is 16.4. The molecule has 21 heavy (non-hydrogen) atoms. The van der Waals surface area contributed by atoms with Crippen LogP contribution in [-0.4, -0.2) is 27.5 Å². The summed E-state index contributed by atoms with van der Waals surface area (Å²) in [5.41, 5.74) is 5.93.